The van der Waals surface area contributed by atoms with Crippen molar-refractivity contribution >= 4 is 17.4 Å². The van der Waals surface area contributed by atoms with E-state index in [0.717, 1.165) is 5.69 Å². The quantitative estimate of drug-likeness (QED) is 0.686. The van der Waals surface area contributed by atoms with E-state index in [1.807, 2.05) is 6.92 Å². The maximum Gasteiger partial charge on any atom is 0.288 e. The van der Waals surface area contributed by atoms with Crippen molar-refractivity contribution in [2.45, 2.75) is 30.0 Å². The molecule has 0 spiro atoms. The van der Waals surface area contributed by atoms with Gasteiger partial charge in [0.1, 0.15) is 5.82 Å². The highest BCUT2D eigenvalue weighted by molar-refractivity contribution is 7.99. The van der Waals surface area contributed by atoms with Crippen LogP contribution in [0.15, 0.2) is 53.4 Å². The molecule has 0 aliphatic heterocycles. The van der Waals surface area contributed by atoms with Gasteiger partial charge in [-0.3, -0.25) is 0 Å². The minimum atomic E-state index is -2.43. The Balaban J connectivity index is 2.10. The number of hydrogen-bond donors (Lipinski definition) is 1. The van der Waals surface area contributed by atoms with Crippen LogP contribution in [0.25, 0.3) is 0 Å². The first kappa shape index (κ1) is 15.8. The van der Waals surface area contributed by atoms with Gasteiger partial charge in [0.15, 0.2) is 0 Å². The molecule has 21 heavy (non-hydrogen) atoms. The van der Waals surface area contributed by atoms with Crippen LogP contribution in [0.3, 0.4) is 0 Å². The van der Waals surface area contributed by atoms with E-state index in [0.29, 0.717) is 28.6 Å². The van der Waals surface area contributed by atoms with Gasteiger partial charge < -0.3 is 5.32 Å². The molecule has 0 saturated carbocycles. The summed E-state index contributed by atoms with van der Waals surface area (Å²) in [5, 5.41) is 3.23. The van der Waals surface area contributed by atoms with Crippen LogP contribution in [-0.2, 0) is 0 Å². The molecular weight excluding hydrogens is 295 g/mol. The Morgan fingerprint density at radius 1 is 1.05 bits per heavy atom. The number of halogens is 3. The van der Waals surface area contributed by atoms with Crippen LogP contribution in [0.5, 0.6) is 0 Å². The van der Waals surface area contributed by atoms with Crippen LogP contribution in [-0.4, -0.2) is 5.76 Å². The van der Waals surface area contributed by atoms with Gasteiger partial charge in [-0.1, -0.05) is 36.9 Å². The first-order valence-electron chi connectivity index (χ1n) is 6.66. The predicted octanol–water partition coefficient (Wildman–Crippen LogP) is 5.70. The SMILES string of the molecule is CCC(Nc1ccc(SC(F)F)cc1)c1ccccc1F. The zero-order valence-corrected chi connectivity index (χ0v) is 12.3. The summed E-state index contributed by atoms with van der Waals surface area (Å²) in [6.07, 6.45) is 0.717. The summed E-state index contributed by atoms with van der Waals surface area (Å²) >= 11 is 0.509. The molecule has 0 aliphatic rings. The lowest BCUT2D eigenvalue weighted by Crippen LogP contribution is -2.11. The van der Waals surface area contributed by atoms with Gasteiger partial charge in [0, 0.05) is 16.1 Å². The molecule has 2 aromatic carbocycles. The molecular formula is C16H16F3NS. The molecule has 5 heteroatoms. The normalized spacial score (nSPS) is 12.4. The second-order valence-corrected chi connectivity index (χ2v) is 5.59. The Morgan fingerprint density at radius 2 is 1.71 bits per heavy atom. The summed E-state index contributed by atoms with van der Waals surface area (Å²) in [5.74, 6) is -2.67. The maximum absolute atomic E-state index is 13.8. The molecule has 0 amide bonds. The van der Waals surface area contributed by atoms with Gasteiger partial charge in [-0.05, 0) is 36.8 Å². The van der Waals surface area contributed by atoms with Crippen LogP contribution in [0.2, 0.25) is 0 Å². The fourth-order valence-corrected chi connectivity index (χ4v) is 2.59. The molecule has 112 valence electrons. The van der Waals surface area contributed by atoms with E-state index >= 15 is 0 Å². The third-order valence-corrected chi connectivity index (χ3v) is 3.83. The Hall–Kier alpha value is -1.62. The Bertz CT molecular complexity index is 572. The Kier molecular flexibility index (Phi) is 5.56. The second-order valence-electron chi connectivity index (χ2n) is 4.53. The average molecular weight is 311 g/mol. The van der Waals surface area contributed by atoms with Crippen LogP contribution >= 0.6 is 11.8 Å². The van der Waals surface area contributed by atoms with Crippen molar-refractivity contribution in [3.63, 3.8) is 0 Å². The molecule has 0 bridgehead atoms. The van der Waals surface area contributed by atoms with Gasteiger partial charge in [-0.15, -0.1) is 0 Å². The zero-order valence-electron chi connectivity index (χ0n) is 11.5. The summed E-state index contributed by atoms with van der Waals surface area (Å²) in [5.41, 5.74) is 1.38. The van der Waals surface area contributed by atoms with Crippen molar-refractivity contribution < 1.29 is 13.2 Å². The Labute approximate surface area is 126 Å². The van der Waals surface area contributed by atoms with Crippen molar-refractivity contribution in [3.05, 3.63) is 59.9 Å². The number of hydrogen-bond acceptors (Lipinski definition) is 2. The van der Waals surface area contributed by atoms with E-state index in [2.05, 4.69) is 5.32 Å². The minimum absolute atomic E-state index is 0.153. The smallest absolute Gasteiger partial charge is 0.288 e. The number of thioether (sulfide) groups is 1. The minimum Gasteiger partial charge on any atom is -0.378 e. The van der Waals surface area contributed by atoms with Crippen LogP contribution in [0.1, 0.15) is 24.9 Å². The molecule has 0 aliphatic carbocycles. The largest absolute Gasteiger partial charge is 0.378 e. The second kappa shape index (κ2) is 7.41. The number of benzene rings is 2. The zero-order chi connectivity index (χ0) is 15.2. The molecule has 0 heterocycles. The fraction of sp³-hybridized carbons (Fsp3) is 0.250. The molecule has 1 atom stereocenters. The summed E-state index contributed by atoms with van der Waals surface area (Å²) in [6.45, 7) is 1.96. The maximum atomic E-state index is 13.8. The fourth-order valence-electron chi connectivity index (χ4n) is 2.09. The number of anilines is 1. The lowest BCUT2D eigenvalue weighted by molar-refractivity contribution is 0.252. The van der Waals surface area contributed by atoms with Crippen molar-refractivity contribution in [1.29, 1.82) is 0 Å². The third kappa shape index (κ3) is 4.43. The molecule has 1 nitrogen and oxygen atoms in total. The summed E-state index contributed by atoms with van der Waals surface area (Å²) in [4.78, 5) is 0.509. The summed E-state index contributed by atoms with van der Waals surface area (Å²) < 4.78 is 38.3. The first-order chi connectivity index (χ1) is 10.1. The summed E-state index contributed by atoms with van der Waals surface area (Å²) in [6, 6.07) is 13.2. The predicted molar refractivity (Wildman–Crippen MR) is 81.4 cm³/mol. The van der Waals surface area contributed by atoms with Gasteiger partial charge in [-0.2, -0.15) is 8.78 Å². The molecule has 0 aromatic heterocycles. The van der Waals surface area contributed by atoms with E-state index < -0.39 is 5.76 Å². The van der Waals surface area contributed by atoms with Gasteiger partial charge in [-0.25, -0.2) is 4.39 Å². The lowest BCUT2D eigenvalue weighted by atomic mass is 10.0. The number of nitrogens with one attached hydrogen (secondary N) is 1. The standard InChI is InChI=1S/C16H16F3NS/c1-2-15(13-5-3-4-6-14(13)17)20-11-7-9-12(10-8-11)21-16(18)19/h3-10,15-16,20H,2H2,1H3. The molecule has 0 fully saturated rings. The van der Waals surface area contributed by atoms with E-state index in [4.69, 9.17) is 0 Å². The van der Waals surface area contributed by atoms with Crippen LogP contribution < -0.4 is 5.32 Å². The van der Waals surface area contributed by atoms with Gasteiger partial charge in [0.25, 0.3) is 5.76 Å². The highest BCUT2D eigenvalue weighted by atomic mass is 32.2. The van der Waals surface area contributed by atoms with E-state index in [1.54, 1.807) is 42.5 Å². The van der Waals surface area contributed by atoms with E-state index in [-0.39, 0.29) is 11.9 Å². The third-order valence-electron chi connectivity index (χ3n) is 3.11. The van der Waals surface area contributed by atoms with Crippen molar-refractivity contribution in [1.82, 2.24) is 0 Å². The molecule has 0 saturated heterocycles. The van der Waals surface area contributed by atoms with Crippen LogP contribution in [0.4, 0.5) is 18.9 Å². The lowest BCUT2D eigenvalue weighted by Gasteiger charge is -2.19. The Morgan fingerprint density at radius 3 is 2.29 bits per heavy atom. The van der Waals surface area contributed by atoms with Crippen LogP contribution in [0, 0.1) is 5.82 Å². The van der Waals surface area contributed by atoms with Crippen molar-refractivity contribution in [2.75, 3.05) is 5.32 Å². The molecule has 2 rings (SSSR count). The highest BCUT2D eigenvalue weighted by Crippen LogP contribution is 2.28. The molecule has 2 aromatic rings. The van der Waals surface area contributed by atoms with Gasteiger partial charge in [0.2, 0.25) is 0 Å². The molecule has 0 radical (unpaired) electrons. The highest BCUT2D eigenvalue weighted by Gasteiger charge is 2.13. The first-order valence-corrected chi connectivity index (χ1v) is 7.54. The molecule has 1 unspecified atom stereocenters. The van der Waals surface area contributed by atoms with Gasteiger partial charge >= 0.3 is 0 Å². The number of alkyl halides is 2. The summed E-state index contributed by atoms with van der Waals surface area (Å²) in [7, 11) is 0. The van der Waals surface area contributed by atoms with E-state index in [9.17, 15) is 13.2 Å². The molecule has 1 N–H and O–H groups in total. The van der Waals surface area contributed by atoms with Gasteiger partial charge in [0.05, 0.1) is 6.04 Å². The van der Waals surface area contributed by atoms with E-state index in [1.165, 1.54) is 6.07 Å². The average Bonchev–Trinajstić information content (AvgIpc) is 2.47. The van der Waals surface area contributed by atoms with Crippen molar-refractivity contribution in [2.24, 2.45) is 0 Å². The van der Waals surface area contributed by atoms with Crippen molar-refractivity contribution in [3.8, 4) is 0 Å². The monoisotopic (exact) mass is 311 g/mol. The topological polar surface area (TPSA) is 12.0 Å². The number of rotatable bonds is 6.